The first kappa shape index (κ1) is 20.5. The maximum absolute atomic E-state index is 12.2. The molecule has 0 aliphatic heterocycles. The highest BCUT2D eigenvalue weighted by Gasteiger charge is 2.21. The van der Waals surface area contributed by atoms with E-state index in [2.05, 4.69) is 5.32 Å². The molecule has 0 aliphatic carbocycles. The van der Waals surface area contributed by atoms with Crippen LogP contribution in [0.15, 0.2) is 30.3 Å². The van der Waals surface area contributed by atoms with Gasteiger partial charge in [0, 0.05) is 32.6 Å². The summed E-state index contributed by atoms with van der Waals surface area (Å²) < 4.78 is 0. The molecule has 0 spiro atoms. The summed E-state index contributed by atoms with van der Waals surface area (Å²) in [7, 11) is 1.68. The van der Waals surface area contributed by atoms with E-state index in [4.69, 9.17) is 5.11 Å². The summed E-state index contributed by atoms with van der Waals surface area (Å²) in [6, 6.07) is 9.17. The van der Waals surface area contributed by atoms with Crippen LogP contribution in [0.5, 0.6) is 0 Å². The fourth-order valence-corrected chi connectivity index (χ4v) is 2.34. The lowest BCUT2D eigenvalue weighted by Crippen LogP contribution is -2.44. The predicted octanol–water partition coefficient (Wildman–Crippen LogP) is 1.93. The predicted molar refractivity (Wildman–Crippen MR) is 95.0 cm³/mol. The van der Waals surface area contributed by atoms with Gasteiger partial charge in [-0.05, 0) is 18.9 Å². The van der Waals surface area contributed by atoms with Crippen LogP contribution in [-0.2, 0) is 16.1 Å². The third-order valence-electron chi connectivity index (χ3n) is 3.97. The lowest BCUT2D eigenvalue weighted by atomic mass is 10.2. The van der Waals surface area contributed by atoms with Crippen LogP contribution in [0, 0.1) is 0 Å². The fraction of sp³-hybridized carbons (Fsp3) is 0.500. The number of carboxylic acid groups (broad SMARTS) is 1. The Morgan fingerprint density at radius 3 is 2.40 bits per heavy atom. The van der Waals surface area contributed by atoms with E-state index in [-0.39, 0.29) is 37.5 Å². The number of amides is 3. The van der Waals surface area contributed by atoms with Gasteiger partial charge in [-0.25, -0.2) is 4.79 Å². The van der Waals surface area contributed by atoms with Crippen molar-refractivity contribution < 1.29 is 19.5 Å². The number of nitrogens with one attached hydrogen (secondary N) is 1. The molecule has 1 rings (SSSR count). The molecule has 7 heteroatoms. The van der Waals surface area contributed by atoms with Crippen molar-refractivity contribution in [3.63, 3.8) is 0 Å². The monoisotopic (exact) mass is 349 g/mol. The standard InChI is InChI=1S/C18H27N3O4/c1-4-14(2)21(13-17(23)24)16(22)10-11-19-18(25)20(3)12-15-8-6-5-7-9-15/h5-9,14H,4,10-13H2,1-3H3,(H,19,25)(H,23,24). The van der Waals surface area contributed by atoms with Gasteiger partial charge >= 0.3 is 12.0 Å². The fourth-order valence-electron chi connectivity index (χ4n) is 2.34. The molecular formula is C18H27N3O4. The third-order valence-corrected chi connectivity index (χ3v) is 3.97. The van der Waals surface area contributed by atoms with Crippen LogP contribution in [0.1, 0.15) is 32.3 Å². The average molecular weight is 349 g/mol. The summed E-state index contributed by atoms with van der Waals surface area (Å²) in [6.07, 6.45) is 0.744. The van der Waals surface area contributed by atoms with Gasteiger partial charge in [-0.2, -0.15) is 0 Å². The second kappa shape index (κ2) is 10.3. The zero-order valence-electron chi connectivity index (χ0n) is 15.1. The zero-order valence-corrected chi connectivity index (χ0v) is 15.1. The zero-order chi connectivity index (χ0) is 18.8. The molecule has 1 atom stereocenters. The maximum atomic E-state index is 12.2. The van der Waals surface area contributed by atoms with E-state index in [1.54, 1.807) is 7.05 Å². The quantitative estimate of drug-likeness (QED) is 0.713. The third kappa shape index (κ3) is 7.24. The van der Waals surface area contributed by atoms with Gasteiger partial charge in [0.2, 0.25) is 5.91 Å². The summed E-state index contributed by atoms with van der Waals surface area (Å²) >= 11 is 0. The number of carbonyl (C=O) groups is 3. The minimum absolute atomic E-state index is 0.0720. The van der Waals surface area contributed by atoms with Crippen molar-refractivity contribution in [2.45, 2.75) is 39.3 Å². The van der Waals surface area contributed by atoms with E-state index in [9.17, 15) is 14.4 Å². The van der Waals surface area contributed by atoms with Gasteiger partial charge in [-0.1, -0.05) is 37.3 Å². The number of carbonyl (C=O) groups excluding carboxylic acids is 2. The minimum Gasteiger partial charge on any atom is -0.480 e. The lowest BCUT2D eigenvalue weighted by molar-refractivity contribution is -0.146. The van der Waals surface area contributed by atoms with Crippen molar-refractivity contribution >= 4 is 17.9 Å². The first-order valence-electron chi connectivity index (χ1n) is 8.39. The summed E-state index contributed by atoms with van der Waals surface area (Å²) in [4.78, 5) is 38.1. The van der Waals surface area contributed by atoms with Crippen molar-refractivity contribution in [2.24, 2.45) is 0 Å². The Balaban J connectivity index is 2.44. The summed E-state index contributed by atoms with van der Waals surface area (Å²) in [5.41, 5.74) is 1.01. The SMILES string of the molecule is CCC(C)N(CC(=O)O)C(=O)CCNC(=O)N(C)Cc1ccccc1. The molecule has 3 amide bonds. The molecule has 2 N–H and O–H groups in total. The molecular weight excluding hydrogens is 322 g/mol. The van der Waals surface area contributed by atoms with Crippen molar-refractivity contribution in [3.05, 3.63) is 35.9 Å². The van der Waals surface area contributed by atoms with E-state index in [1.165, 1.54) is 9.80 Å². The molecule has 0 aliphatic rings. The molecule has 0 bridgehead atoms. The molecule has 7 nitrogen and oxygen atoms in total. The Labute approximate surface area is 148 Å². The molecule has 0 aromatic heterocycles. The van der Waals surface area contributed by atoms with E-state index in [0.29, 0.717) is 13.0 Å². The van der Waals surface area contributed by atoms with E-state index >= 15 is 0 Å². The summed E-state index contributed by atoms with van der Waals surface area (Å²) in [5.74, 6) is -1.32. The second-order valence-corrected chi connectivity index (χ2v) is 6.00. The van der Waals surface area contributed by atoms with Gasteiger partial charge in [-0.15, -0.1) is 0 Å². The van der Waals surface area contributed by atoms with E-state index < -0.39 is 5.97 Å². The number of aliphatic carboxylic acids is 1. The number of nitrogens with zero attached hydrogens (tertiary/aromatic N) is 2. The molecule has 0 radical (unpaired) electrons. The second-order valence-electron chi connectivity index (χ2n) is 6.00. The van der Waals surface area contributed by atoms with Gasteiger partial charge in [0.05, 0.1) is 0 Å². The molecule has 0 fully saturated rings. The van der Waals surface area contributed by atoms with Crippen molar-refractivity contribution in [1.29, 1.82) is 0 Å². The van der Waals surface area contributed by atoms with Crippen LogP contribution in [-0.4, -0.2) is 59.0 Å². The molecule has 1 aromatic rings. The Hall–Kier alpha value is -2.57. The molecule has 0 saturated heterocycles. The van der Waals surface area contributed by atoms with Gasteiger partial charge in [-0.3, -0.25) is 9.59 Å². The van der Waals surface area contributed by atoms with Gasteiger partial charge in [0.1, 0.15) is 6.54 Å². The van der Waals surface area contributed by atoms with E-state index in [0.717, 1.165) is 5.56 Å². The number of carboxylic acids is 1. The summed E-state index contributed by atoms with van der Waals surface area (Å²) in [5, 5.41) is 11.6. The number of rotatable bonds is 9. The maximum Gasteiger partial charge on any atom is 0.323 e. The average Bonchev–Trinajstić information content (AvgIpc) is 2.59. The molecule has 0 heterocycles. The summed E-state index contributed by atoms with van der Waals surface area (Å²) in [6.45, 7) is 4.03. The lowest BCUT2D eigenvalue weighted by Gasteiger charge is -2.27. The molecule has 1 unspecified atom stereocenters. The highest BCUT2D eigenvalue weighted by atomic mass is 16.4. The normalized spacial score (nSPS) is 11.5. The Bertz CT molecular complexity index is 577. The number of urea groups is 1. The van der Waals surface area contributed by atoms with Crippen LogP contribution in [0.3, 0.4) is 0 Å². The number of hydrogen-bond donors (Lipinski definition) is 2. The Kier molecular flexibility index (Phi) is 8.46. The van der Waals surface area contributed by atoms with Crippen molar-refractivity contribution in [3.8, 4) is 0 Å². The number of benzene rings is 1. The van der Waals surface area contributed by atoms with Gasteiger partial charge < -0.3 is 20.2 Å². The van der Waals surface area contributed by atoms with Crippen molar-refractivity contribution in [2.75, 3.05) is 20.1 Å². The highest BCUT2D eigenvalue weighted by Crippen LogP contribution is 2.06. The van der Waals surface area contributed by atoms with Crippen LogP contribution in [0.2, 0.25) is 0 Å². The Morgan fingerprint density at radius 1 is 1.20 bits per heavy atom. The largest absolute Gasteiger partial charge is 0.480 e. The molecule has 25 heavy (non-hydrogen) atoms. The van der Waals surface area contributed by atoms with Crippen molar-refractivity contribution in [1.82, 2.24) is 15.1 Å². The smallest absolute Gasteiger partial charge is 0.323 e. The van der Waals surface area contributed by atoms with E-state index in [1.807, 2.05) is 44.2 Å². The molecule has 0 saturated carbocycles. The molecule has 138 valence electrons. The first-order chi connectivity index (χ1) is 11.8. The highest BCUT2D eigenvalue weighted by molar-refractivity contribution is 5.82. The van der Waals surface area contributed by atoms with Gasteiger partial charge in [0.15, 0.2) is 0 Å². The Morgan fingerprint density at radius 2 is 1.84 bits per heavy atom. The van der Waals surface area contributed by atoms with Crippen LogP contribution in [0.25, 0.3) is 0 Å². The topological polar surface area (TPSA) is 90.0 Å². The molecule has 1 aromatic carbocycles. The van der Waals surface area contributed by atoms with Crippen LogP contribution < -0.4 is 5.32 Å². The van der Waals surface area contributed by atoms with Crippen LogP contribution in [0.4, 0.5) is 4.79 Å². The van der Waals surface area contributed by atoms with Gasteiger partial charge in [0.25, 0.3) is 0 Å². The first-order valence-corrected chi connectivity index (χ1v) is 8.39. The number of hydrogen-bond acceptors (Lipinski definition) is 3. The van der Waals surface area contributed by atoms with Crippen LogP contribution >= 0.6 is 0 Å². The minimum atomic E-state index is -1.04.